The van der Waals surface area contributed by atoms with Crippen LogP contribution in [0.3, 0.4) is 0 Å². The lowest BCUT2D eigenvalue weighted by Gasteiger charge is -2.17. The third kappa shape index (κ3) is 3.70. The van der Waals surface area contributed by atoms with Gasteiger partial charge in [-0.3, -0.25) is 14.2 Å². The van der Waals surface area contributed by atoms with Crippen LogP contribution in [0.4, 0.5) is 0 Å². The summed E-state index contributed by atoms with van der Waals surface area (Å²) in [4.78, 5) is 26.2. The molecule has 1 atom stereocenters. The Morgan fingerprint density at radius 2 is 1.80 bits per heavy atom. The number of aromatic nitrogens is 1. The van der Waals surface area contributed by atoms with Crippen LogP contribution in [0, 0.1) is 6.92 Å². The average molecular weight is 426 g/mol. The van der Waals surface area contributed by atoms with Crippen molar-refractivity contribution in [1.29, 1.82) is 0 Å². The van der Waals surface area contributed by atoms with Crippen LogP contribution in [0.25, 0.3) is 10.9 Å². The van der Waals surface area contributed by atoms with Crippen molar-refractivity contribution >= 4 is 34.4 Å². The second kappa shape index (κ2) is 8.15. The molecule has 4 rings (SSSR count). The molecule has 0 bridgehead atoms. The summed E-state index contributed by atoms with van der Waals surface area (Å²) >= 11 is 5.96. The molecule has 1 saturated carbocycles. The highest BCUT2D eigenvalue weighted by Crippen LogP contribution is 2.36. The number of aromatic hydroxyl groups is 1. The lowest BCUT2D eigenvalue weighted by atomic mass is 9.97. The van der Waals surface area contributed by atoms with Crippen molar-refractivity contribution in [3.63, 3.8) is 0 Å². The van der Waals surface area contributed by atoms with Gasteiger partial charge in [0, 0.05) is 21.7 Å². The van der Waals surface area contributed by atoms with Gasteiger partial charge in [-0.25, -0.2) is 0 Å². The maximum atomic E-state index is 13.3. The first-order valence-electron chi connectivity index (χ1n) is 10.2. The van der Waals surface area contributed by atoms with E-state index in [1.165, 1.54) is 0 Å². The Morgan fingerprint density at radius 1 is 1.13 bits per heavy atom. The molecular formula is C24H24ClNO4. The predicted molar refractivity (Wildman–Crippen MR) is 116 cm³/mol. The largest absolute Gasteiger partial charge is 0.508 e. The van der Waals surface area contributed by atoms with Crippen LogP contribution in [0.2, 0.25) is 5.02 Å². The molecule has 0 aliphatic heterocycles. The summed E-state index contributed by atoms with van der Waals surface area (Å²) < 4.78 is 7.31. The van der Waals surface area contributed by atoms with Gasteiger partial charge in [0.2, 0.25) is 0 Å². The number of nitrogens with zero attached hydrogens (tertiary/aromatic N) is 1. The number of hydrogen-bond acceptors (Lipinski definition) is 4. The first-order valence-corrected chi connectivity index (χ1v) is 10.6. The number of carbonyl (C=O) groups excluding carboxylic acids is 2. The molecule has 0 radical (unpaired) electrons. The second-order valence-corrected chi connectivity index (χ2v) is 8.35. The molecule has 1 aliphatic rings. The molecule has 0 spiro atoms. The first-order chi connectivity index (χ1) is 14.4. The van der Waals surface area contributed by atoms with E-state index in [1.807, 2.05) is 6.92 Å². The van der Waals surface area contributed by atoms with Gasteiger partial charge in [0.05, 0.1) is 11.4 Å². The lowest BCUT2D eigenvalue weighted by Crippen LogP contribution is -2.20. The highest BCUT2D eigenvalue weighted by atomic mass is 35.5. The molecule has 0 unspecified atom stereocenters. The van der Waals surface area contributed by atoms with Gasteiger partial charge in [0.15, 0.2) is 0 Å². The highest BCUT2D eigenvalue weighted by Gasteiger charge is 2.29. The topological polar surface area (TPSA) is 68.5 Å². The summed E-state index contributed by atoms with van der Waals surface area (Å²) in [7, 11) is 0. The van der Waals surface area contributed by atoms with Crippen LogP contribution in [-0.4, -0.2) is 27.7 Å². The van der Waals surface area contributed by atoms with Crippen LogP contribution in [-0.2, 0) is 9.53 Å². The number of esters is 1. The standard InChI is InChI=1S/C24H24ClNO4/c1-14(24(29)30-19-5-3-4-6-19)22-15(2)26(21-12-11-18(27)13-20(21)22)23(28)16-7-9-17(25)10-8-16/h7-14,19,27H,3-6H2,1-2H3/t14-/m0/s1. The van der Waals surface area contributed by atoms with E-state index in [4.69, 9.17) is 16.3 Å². The van der Waals surface area contributed by atoms with E-state index in [-0.39, 0.29) is 23.7 Å². The third-order valence-corrected chi connectivity index (χ3v) is 6.15. The summed E-state index contributed by atoms with van der Waals surface area (Å²) in [5, 5.41) is 11.3. The Morgan fingerprint density at radius 3 is 2.47 bits per heavy atom. The fourth-order valence-electron chi connectivity index (χ4n) is 4.35. The van der Waals surface area contributed by atoms with E-state index in [0.29, 0.717) is 32.7 Å². The van der Waals surface area contributed by atoms with Crippen molar-refractivity contribution in [2.24, 2.45) is 0 Å². The van der Waals surface area contributed by atoms with Gasteiger partial charge in [-0.1, -0.05) is 11.6 Å². The molecule has 6 heteroatoms. The molecule has 1 aliphatic carbocycles. The molecular weight excluding hydrogens is 402 g/mol. The van der Waals surface area contributed by atoms with E-state index < -0.39 is 5.92 Å². The van der Waals surface area contributed by atoms with Crippen LogP contribution in [0.15, 0.2) is 42.5 Å². The van der Waals surface area contributed by atoms with Gasteiger partial charge in [-0.2, -0.15) is 0 Å². The summed E-state index contributed by atoms with van der Waals surface area (Å²) in [5.74, 6) is -1.00. The Kier molecular flexibility index (Phi) is 5.56. The van der Waals surface area contributed by atoms with Gasteiger partial charge in [0.25, 0.3) is 5.91 Å². The Balaban J connectivity index is 1.79. The van der Waals surface area contributed by atoms with Crippen molar-refractivity contribution in [2.45, 2.75) is 51.6 Å². The monoisotopic (exact) mass is 425 g/mol. The van der Waals surface area contributed by atoms with Crippen molar-refractivity contribution in [2.75, 3.05) is 0 Å². The number of rotatable bonds is 4. The highest BCUT2D eigenvalue weighted by molar-refractivity contribution is 6.30. The quantitative estimate of drug-likeness (QED) is 0.553. The molecule has 30 heavy (non-hydrogen) atoms. The number of hydrogen-bond donors (Lipinski definition) is 1. The summed E-state index contributed by atoms with van der Waals surface area (Å²) in [6.45, 7) is 3.61. The SMILES string of the molecule is Cc1c([C@H](C)C(=O)OC2CCCC2)c2cc(O)ccc2n1C(=O)c1ccc(Cl)cc1. The van der Waals surface area contributed by atoms with E-state index in [0.717, 1.165) is 25.7 Å². The number of fused-ring (bicyclic) bond motifs is 1. The normalized spacial score (nSPS) is 15.4. The molecule has 0 saturated heterocycles. The minimum Gasteiger partial charge on any atom is -0.508 e. The Labute approximate surface area is 180 Å². The Bertz CT molecular complexity index is 1110. The molecule has 0 amide bonds. The van der Waals surface area contributed by atoms with E-state index in [9.17, 15) is 14.7 Å². The first kappa shape index (κ1) is 20.5. The molecule has 5 nitrogen and oxygen atoms in total. The maximum Gasteiger partial charge on any atom is 0.313 e. The average Bonchev–Trinajstić information content (AvgIpc) is 3.32. The smallest absolute Gasteiger partial charge is 0.313 e. The van der Waals surface area contributed by atoms with Crippen molar-refractivity contribution in [3.05, 3.63) is 64.3 Å². The third-order valence-electron chi connectivity index (χ3n) is 5.90. The van der Waals surface area contributed by atoms with Gasteiger partial charge in [-0.15, -0.1) is 0 Å². The fraction of sp³-hybridized carbons (Fsp3) is 0.333. The van der Waals surface area contributed by atoms with Crippen LogP contribution in [0.1, 0.15) is 60.1 Å². The van der Waals surface area contributed by atoms with Gasteiger partial charge in [-0.05, 0) is 87.6 Å². The number of halogens is 1. The van der Waals surface area contributed by atoms with Gasteiger partial charge < -0.3 is 9.84 Å². The van der Waals surface area contributed by atoms with E-state index >= 15 is 0 Å². The van der Waals surface area contributed by atoms with Gasteiger partial charge >= 0.3 is 5.97 Å². The molecule has 1 N–H and O–H groups in total. The Hall–Kier alpha value is -2.79. The number of benzene rings is 2. The molecule has 3 aromatic rings. The predicted octanol–water partition coefficient (Wildman–Crippen LogP) is 5.59. The second-order valence-electron chi connectivity index (χ2n) is 7.91. The number of ether oxygens (including phenoxy) is 1. The molecule has 156 valence electrons. The number of phenolic OH excluding ortho intramolecular Hbond substituents is 1. The minimum atomic E-state index is -0.561. The van der Waals surface area contributed by atoms with E-state index in [1.54, 1.807) is 54.0 Å². The van der Waals surface area contributed by atoms with Crippen molar-refractivity contribution in [1.82, 2.24) is 4.57 Å². The minimum absolute atomic E-state index is 0.0299. The number of phenols is 1. The lowest BCUT2D eigenvalue weighted by molar-refractivity contribution is -0.150. The zero-order chi connectivity index (χ0) is 21.4. The van der Waals surface area contributed by atoms with Gasteiger partial charge in [0.1, 0.15) is 11.9 Å². The maximum absolute atomic E-state index is 13.3. The molecule has 1 heterocycles. The summed E-state index contributed by atoms with van der Waals surface area (Å²) in [6, 6.07) is 11.5. The van der Waals surface area contributed by atoms with Crippen molar-refractivity contribution in [3.8, 4) is 5.75 Å². The fourth-order valence-corrected chi connectivity index (χ4v) is 4.48. The summed E-state index contributed by atoms with van der Waals surface area (Å²) in [5.41, 5.74) is 2.48. The summed E-state index contributed by atoms with van der Waals surface area (Å²) in [6.07, 6.45) is 3.92. The van der Waals surface area contributed by atoms with Crippen molar-refractivity contribution < 1.29 is 19.4 Å². The molecule has 1 aromatic heterocycles. The van der Waals surface area contributed by atoms with Crippen LogP contribution >= 0.6 is 11.6 Å². The number of carbonyl (C=O) groups is 2. The van der Waals surface area contributed by atoms with E-state index in [2.05, 4.69) is 0 Å². The molecule has 2 aromatic carbocycles. The van der Waals surface area contributed by atoms with Crippen LogP contribution in [0.5, 0.6) is 5.75 Å². The van der Waals surface area contributed by atoms with Crippen LogP contribution < -0.4 is 0 Å². The zero-order valence-corrected chi connectivity index (χ0v) is 17.8. The molecule has 1 fully saturated rings. The zero-order valence-electron chi connectivity index (χ0n) is 17.0.